The lowest BCUT2D eigenvalue weighted by atomic mass is 10.2. The number of hydrogen-bond donors (Lipinski definition) is 1. The first-order chi connectivity index (χ1) is 7.72. The molecule has 1 aromatic heterocycles. The maximum absolute atomic E-state index is 4.35. The molecule has 0 saturated carbocycles. The molecule has 0 saturated heterocycles. The predicted molar refractivity (Wildman–Crippen MR) is 69.9 cm³/mol. The Balaban J connectivity index is 2.16. The topological polar surface area (TPSA) is 37.8 Å². The summed E-state index contributed by atoms with van der Waals surface area (Å²) in [6, 6.07) is 2.54. The van der Waals surface area contributed by atoms with Crippen molar-refractivity contribution in [1.29, 1.82) is 0 Å². The highest BCUT2D eigenvalue weighted by Crippen LogP contribution is 2.11. The van der Waals surface area contributed by atoms with Crippen LogP contribution >= 0.6 is 11.8 Å². The van der Waals surface area contributed by atoms with Crippen molar-refractivity contribution in [2.45, 2.75) is 44.8 Å². The summed E-state index contributed by atoms with van der Waals surface area (Å²) in [6.45, 7) is 7.46. The van der Waals surface area contributed by atoms with E-state index in [1.54, 1.807) is 11.8 Å². The van der Waals surface area contributed by atoms with Gasteiger partial charge in [-0.25, -0.2) is 9.97 Å². The maximum Gasteiger partial charge on any atom is 0.187 e. The number of nitrogens with zero attached hydrogens (tertiary/aromatic N) is 2. The minimum absolute atomic E-state index is 0.615. The van der Waals surface area contributed by atoms with E-state index >= 15 is 0 Å². The fraction of sp³-hybridized carbons (Fsp3) is 0.667. The molecule has 90 valence electrons. The van der Waals surface area contributed by atoms with Gasteiger partial charge in [0.1, 0.15) is 0 Å². The molecule has 1 atom stereocenters. The van der Waals surface area contributed by atoms with Crippen molar-refractivity contribution in [2.75, 3.05) is 12.3 Å². The third-order valence-electron chi connectivity index (χ3n) is 2.32. The summed E-state index contributed by atoms with van der Waals surface area (Å²) in [6.07, 6.45) is 4.30. The van der Waals surface area contributed by atoms with Crippen LogP contribution in [-0.2, 0) is 0 Å². The molecule has 1 aromatic rings. The lowest BCUT2D eigenvalue weighted by Crippen LogP contribution is -2.27. The average molecular weight is 239 g/mol. The fourth-order valence-electron chi connectivity index (χ4n) is 1.48. The standard InChI is InChI=1S/C12H21N3S/c1-4-5-10(2)13-8-9-16-12-14-7-6-11(3)15-12/h6-7,10,13H,4-5,8-9H2,1-3H3. The quantitative estimate of drug-likeness (QED) is 0.451. The Bertz CT molecular complexity index is 304. The third kappa shape index (κ3) is 5.47. The van der Waals surface area contributed by atoms with Crippen LogP contribution in [0.4, 0.5) is 0 Å². The smallest absolute Gasteiger partial charge is 0.187 e. The van der Waals surface area contributed by atoms with Gasteiger partial charge in [0.25, 0.3) is 0 Å². The van der Waals surface area contributed by atoms with E-state index in [2.05, 4.69) is 29.1 Å². The summed E-state index contributed by atoms with van der Waals surface area (Å²) in [5.74, 6) is 1.03. The van der Waals surface area contributed by atoms with Gasteiger partial charge in [-0.1, -0.05) is 25.1 Å². The van der Waals surface area contributed by atoms with Crippen molar-refractivity contribution in [3.63, 3.8) is 0 Å². The zero-order chi connectivity index (χ0) is 11.8. The molecule has 0 fully saturated rings. The van der Waals surface area contributed by atoms with E-state index in [1.165, 1.54) is 12.8 Å². The molecule has 0 bridgehead atoms. The van der Waals surface area contributed by atoms with Crippen molar-refractivity contribution >= 4 is 11.8 Å². The van der Waals surface area contributed by atoms with E-state index < -0.39 is 0 Å². The van der Waals surface area contributed by atoms with E-state index in [0.29, 0.717) is 6.04 Å². The Morgan fingerprint density at radius 1 is 1.50 bits per heavy atom. The fourth-order valence-corrected chi connectivity index (χ4v) is 2.22. The molecule has 0 aromatic carbocycles. The van der Waals surface area contributed by atoms with Crippen LogP contribution in [0.3, 0.4) is 0 Å². The number of thioether (sulfide) groups is 1. The Hall–Kier alpha value is -0.610. The second-order valence-electron chi connectivity index (χ2n) is 3.97. The molecule has 1 rings (SSSR count). The van der Waals surface area contributed by atoms with Crippen molar-refractivity contribution in [2.24, 2.45) is 0 Å². The minimum atomic E-state index is 0.615. The van der Waals surface area contributed by atoms with Crippen molar-refractivity contribution in [1.82, 2.24) is 15.3 Å². The molecule has 0 aliphatic rings. The SMILES string of the molecule is CCCC(C)NCCSc1nccc(C)n1. The molecule has 0 aliphatic carbocycles. The van der Waals surface area contributed by atoms with Crippen LogP contribution in [0.2, 0.25) is 0 Å². The first-order valence-electron chi connectivity index (χ1n) is 5.88. The molecule has 0 radical (unpaired) electrons. The number of rotatable bonds is 7. The summed E-state index contributed by atoms with van der Waals surface area (Å²) in [4.78, 5) is 8.57. The molecule has 1 N–H and O–H groups in total. The predicted octanol–water partition coefficient (Wildman–Crippen LogP) is 2.66. The van der Waals surface area contributed by atoms with Gasteiger partial charge in [0.2, 0.25) is 0 Å². The van der Waals surface area contributed by atoms with Crippen molar-refractivity contribution in [3.05, 3.63) is 18.0 Å². The van der Waals surface area contributed by atoms with Crippen molar-refractivity contribution < 1.29 is 0 Å². The van der Waals surface area contributed by atoms with Gasteiger partial charge in [-0.2, -0.15) is 0 Å². The molecule has 3 nitrogen and oxygen atoms in total. The summed E-state index contributed by atoms with van der Waals surface area (Å²) in [5.41, 5.74) is 1.03. The van der Waals surface area contributed by atoms with Crippen LogP contribution in [0.1, 0.15) is 32.4 Å². The zero-order valence-electron chi connectivity index (χ0n) is 10.4. The second kappa shape index (κ2) is 7.63. The Morgan fingerprint density at radius 2 is 2.31 bits per heavy atom. The molecule has 4 heteroatoms. The van der Waals surface area contributed by atoms with Gasteiger partial charge in [0, 0.05) is 30.2 Å². The summed E-state index contributed by atoms with van der Waals surface area (Å²) >= 11 is 1.71. The van der Waals surface area contributed by atoms with Crippen LogP contribution in [-0.4, -0.2) is 28.3 Å². The monoisotopic (exact) mass is 239 g/mol. The van der Waals surface area contributed by atoms with E-state index in [1.807, 2.05) is 19.2 Å². The van der Waals surface area contributed by atoms with Crippen LogP contribution < -0.4 is 5.32 Å². The minimum Gasteiger partial charge on any atom is -0.313 e. The highest BCUT2D eigenvalue weighted by atomic mass is 32.2. The Morgan fingerprint density at radius 3 is 3.00 bits per heavy atom. The molecular formula is C12H21N3S. The summed E-state index contributed by atoms with van der Waals surface area (Å²) in [5, 5.41) is 4.37. The number of nitrogens with one attached hydrogen (secondary N) is 1. The number of aryl methyl sites for hydroxylation is 1. The van der Waals surface area contributed by atoms with Crippen LogP contribution in [0, 0.1) is 6.92 Å². The normalized spacial score (nSPS) is 12.7. The molecule has 16 heavy (non-hydrogen) atoms. The Labute approximate surface area is 102 Å². The van der Waals surface area contributed by atoms with Crippen LogP contribution in [0.15, 0.2) is 17.4 Å². The molecule has 0 amide bonds. The molecule has 1 unspecified atom stereocenters. The zero-order valence-corrected chi connectivity index (χ0v) is 11.2. The van der Waals surface area contributed by atoms with Gasteiger partial charge in [0.15, 0.2) is 5.16 Å². The molecule has 0 spiro atoms. The summed E-state index contributed by atoms with van der Waals surface area (Å²) < 4.78 is 0. The van der Waals surface area contributed by atoms with Gasteiger partial charge in [-0.05, 0) is 26.3 Å². The van der Waals surface area contributed by atoms with E-state index in [-0.39, 0.29) is 0 Å². The lowest BCUT2D eigenvalue weighted by molar-refractivity contribution is 0.526. The maximum atomic E-state index is 4.35. The first kappa shape index (κ1) is 13.5. The van der Waals surface area contributed by atoms with Gasteiger partial charge in [-0.3, -0.25) is 0 Å². The van der Waals surface area contributed by atoms with Gasteiger partial charge in [-0.15, -0.1) is 0 Å². The van der Waals surface area contributed by atoms with Crippen LogP contribution in [0.25, 0.3) is 0 Å². The van der Waals surface area contributed by atoms with Gasteiger partial charge >= 0.3 is 0 Å². The van der Waals surface area contributed by atoms with E-state index in [4.69, 9.17) is 0 Å². The average Bonchev–Trinajstić information content (AvgIpc) is 2.25. The molecule has 1 heterocycles. The Kier molecular flexibility index (Phi) is 6.42. The molecular weight excluding hydrogens is 218 g/mol. The number of aromatic nitrogens is 2. The first-order valence-corrected chi connectivity index (χ1v) is 6.86. The largest absolute Gasteiger partial charge is 0.313 e. The van der Waals surface area contributed by atoms with Gasteiger partial charge < -0.3 is 5.32 Å². The third-order valence-corrected chi connectivity index (χ3v) is 3.18. The highest BCUT2D eigenvalue weighted by Gasteiger charge is 2.00. The van der Waals surface area contributed by atoms with Gasteiger partial charge in [0.05, 0.1) is 0 Å². The van der Waals surface area contributed by atoms with E-state index in [9.17, 15) is 0 Å². The second-order valence-corrected chi connectivity index (χ2v) is 5.03. The van der Waals surface area contributed by atoms with E-state index in [0.717, 1.165) is 23.1 Å². The van der Waals surface area contributed by atoms with Crippen LogP contribution in [0.5, 0.6) is 0 Å². The molecule has 0 aliphatic heterocycles. The summed E-state index contributed by atoms with van der Waals surface area (Å²) in [7, 11) is 0. The lowest BCUT2D eigenvalue weighted by Gasteiger charge is -2.11. The highest BCUT2D eigenvalue weighted by molar-refractivity contribution is 7.99. The van der Waals surface area contributed by atoms with Crippen molar-refractivity contribution in [3.8, 4) is 0 Å². The number of hydrogen-bond acceptors (Lipinski definition) is 4.